The van der Waals surface area contributed by atoms with E-state index in [1.165, 1.54) is 0 Å². The number of likely N-dealkylation sites (N-methyl/N-ethyl adjacent to an activating group) is 1. The van der Waals surface area contributed by atoms with Crippen LogP contribution < -0.4 is 10.2 Å². The van der Waals surface area contributed by atoms with Crippen LogP contribution in [0.5, 0.6) is 0 Å². The van der Waals surface area contributed by atoms with Gasteiger partial charge in [0, 0.05) is 31.2 Å². The number of amides is 1. The van der Waals surface area contributed by atoms with E-state index in [-0.39, 0.29) is 10.6 Å². The van der Waals surface area contributed by atoms with Crippen molar-refractivity contribution in [2.24, 2.45) is 0 Å². The fraction of sp³-hybridized carbons (Fsp3) is 0.278. The summed E-state index contributed by atoms with van der Waals surface area (Å²) >= 11 is 12.0. The molecule has 1 heterocycles. The van der Waals surface area contributed by atoms with Gasteiger partial charge in [0.25, 0.3) is 5.91 Å². The molecule has 1 amide bonds. The summed E-state index contributed by atoms with van der Waals surface area (Å²) in [6, 6.07) is 6.77. The maximum atomic E-state index is 13.5. The van der Waals surface area contributed by atoms with E-state index < -0.39 is 17.5 Å². The number of hydrogen-bond donors (Lipinski definition) is 1. The van der Waals surface area contributed by atoms with Gasteiger partial charge in [-0.05, 0) is 37.4 Å². The average Bonchev–Trinajstić information content (AvgIpc) is 2.59. The summed E-state index contributed by atoms with van der Waals surface area (Å²) in [5.41, 5.74) is 1.16. The Morgan fingerprint density at radius 2 is 1.69 bits per heavy atom. The van der Waals surface area contributed by atoms with Gasteiger partial charge in [-0.25, -0.2) is 8.78 Å². The predicted molar refractivity (Wildman–Crippen MR) is 100 cm³/mol. The first-order chi connectivity index (χ1) is 12.3. The number of anilines is 2. The molecule has 0 atom stereocenters. The molecule has 3 rings (SSSR count). The highest BCUT2D eigenvalue weighted by Crippen LogP contribution is 2.31. The minimum Gasteiger partial charge on any atom is -0.367 e. The van der Waals surface area contributed by atoms with Crippen molar-refractivity contribution in [1.82, 2.24) is 4.90 Å². The molecule has 0 saturated carbocycles. The normalized spacial score (nSPS) is 15.2. The molecule has 8 heteroatoms. The number of halogens is 4. The van der Waals surface area contributed by atoms with Gasteiger partial charge in [-0.3, -0.25) is 4.79 Å². The van der Waals surface area contributed by atoms with Crippen molar-refractivity contribution in [2.45, 2.75) is 0 Å². The van der Waals surface area contributed by atoms with E-state index in [2.05, 4.69) is 15.1 Å². The Balaban J connectivity index is 1.88. The molecule has 2 aromatic rings. The number of carbonyl (C=O) groups is 1. The van der Waals surface area contributed by atoms with Crippen LogP contribution >= 0.6 is 23.2 Å². The second kappa shape index (κ2) is 7.78. The van der Waals surface area contributed by atoms with Crippen LogP contribution in [0.15, 0.2) is 30.3 Å². The van der Waals surface area contributed by atoms with Crippen LogP contribution in [0.4, 0.5) is 20.2 Å². The molecule has 1 aliphatic heterocycles. The van der Waals surface area contributed by atoms with Crippen LogP contribution in [0.2, 0.25) is 10.0 Å². The van der Waals surface area contributed by atoms with Gasteiger partial charge in [0.05, 0.1) is 22.0 Å². The molecule has 0 bridgehead atoms. The minimum absolute atomic E-state index is 0.144. The van der Waals surface area contributed by atoms with Crippen molar-refractivity contribution in [3.05, 3.63) is 57.6 Å². The van der Waals surface area contributed by atoms with Crippen molar-refractivity contribution in [3.63, 3.8) is 0 Å². The van der Waals surface area contributed by atoms with Crippen molar-refractivity contribution >= 4 is 40.5 Å². The van der Waals surface area contributed by atoms with Crippen molar-refractivity contribution < 1.29 is 13.6 Å². The number of carbonyl (C=O) groups excluding carboxylic acids is 1. The molecular weight excluding hydrogens is 383 g/mol. The summed E-state index contributed by atoms with van der Waals surface area (Å²) in [4.78, 5) is 16.9. The third-order valence-electron chi connectivity index (χ3n) is 4.31. The summed E-state index contributed by atoms with van der Waals surface area (Å²) in [5.74, 6) is -2.87. The first kappa shape index (κ1) is 18.9. The Labute approximate surface area is 160 Å². The fourth-order valence-electron chi connectivity index (χ4n) is 2.82. The zero-order chi connectivity index (χ0) is 18.8. The summed E-state index contributed by atoms with van der Waals surface area (Å²) in [7, 11) is 2.05. The predicted octanol–water partition coefficient (Wildman–Crippen LogP) is 4.28. The molecule has 0 unspecified atom stereocenters. The number of rotatable bonds is 3. The number of hydrogen-bond acceptors (Lipinski definition) is 3. The van der Waals surface area contributed by atoms with Gasteiger partial charge in [-0.1, -0.05) is 23.2 Å². The second-order valence-corrected chi connectivity index (χ2v) is 7.00. The molecule has 1 saturated heterocycles. The van der Waals surface area contributed by atoms with Crippen LogP contribution in [-0.4, -0.2) is 44.0 Å². The number of benzene rings is 2. The van der Waals surface area contributed by atoms with Gasteiger partial charge >= 0.3 is 0 Å². The first-order valence-electron chi connectivity index (χ1n) is 8.04. The van der Waals surface area contributed by atoms with E-state index >= 15 is 0 Å². The lowest BCUT2D eigenvalue weighted by atomic mass is 10.1. The lowest BCUT2D eigenvalue weighted by Gasteiger charge is -2.35. The SMILES string of the molecule is CN1CCN(c2ccc(Cl)cc2NC(=O)c2cc(F)c(F)cc2Cl)CC1. The molecule has 1 fully saturated rings. The summed E-state index contributed by atoms with van der Waals surface area (Å²) in [6.45, 7) is 3.38. The average molecular weight is 400 g/mol. The smallest absolute Gasteiger partial charge is 0.257 e. The van der Waals surface area contributed by atoms with Crippen LogP contribution in [0.25, 0.3) is 0 Å². The van der Waals surface area contributed by atoms with E-state index in [0.29, 0.717) is 10.7 Å². The molecule has 26 heavy (non-hydrogen) atoms. The summed E-state index contributed by atoms with van der Waals surface area (Å²) < 4.78 is 26.7. The van der Waals surface area contributed by atoms with Crippen LogP contribution in [0.3, 0.4) is 0 Å². The topological polar surface area (TPSA) is 35.6 Å². The molecule has 2 aromatic carbocycles. The van der Waals surface area contributed by atoms with Crippen LogP contribution in [0.1, 0.15) is 10.4 Å². The van der Waals surface area contributed by atoms with E-state index in [9.17, 15) is 13.6 Å². The van der Waals surface area contributed by atoms with E-state index in [1.807, 2.05) is 13.1 Å². The van der Waals surface area contributed by atoms with Gasteiger partial charge in [0.1, 0.15) is 0 Å². The maximum Gasteiger partial charge on any atom is 0.257 e. The van der Waals surface area contributed by atoms with Crippen LogP contribution in [0, 0.1) is 11.6 Å². The van der Waals surface area contributed by atoms with Gasteiger partial charge in [-0.2, -0.15) is 0 Å². The van der Waals surface area contributed by atoms with Crippen molar-refractivity contribution in [2.75, 3.05) is 43.4 Å². The van der Waals surface area contributed by atoms with Crippen molar-refractivity contribution in [1.29, 1.82) is 0 Å². The number of nitrogens with zero attached hydrogens (tertiary/aromatic N) is 2. The fourth-order valence-corrected chi connectivity index (χ4v) is 3.23. The number of nitrogens with one attached hydrogen (secondary N) is 1. The van der Waals surface area contributed by atoms with Gasteiger partial charge in [-0.15, -0.1) is 0 Å². The molecule has 4 nitrogen and oxygen atoms in total. The molecule has 1 aliphatic rings. The summed E-state index contributed by atoms with van der Waals surface area (Å²) in [6.07, 6.45) is 0. The minimum atomic E-state index is -1.13. The monoisotopic (exact) mass is 399 g/mol. The maximum absolute atomic E-state index is 13.5. The lowest BCUT2D eigenvalue weighted by molar-refractivity contribution is 0.102. The lowest BCUT2D eigenvalue weighted by Crippen LogP contribution is -2.44. The standard InChI is InChI=1S/C18H17Cl2F2N3O/c1-24-4-6-25(7-5-24)17-3-2-11(19)8-16(17)23-18(26)12-9-14(21)15(22)10-13(12)20/h2-3,8-10H,4-7H2,1H3,(H,23,26). The third-order valence-corrected chi connectivity index (χ3v) is 4.85. The van der Waals surface area contributed by atoms with Gasteiger partial charge in [0.15, 0.2) is 11.6 Å². The van der Waals surface area contributed by atoms with E-state index in [1.54, 1.807) is 12.1 Å². The highest BCUT2D eigenvalue weighted by Gasteiger charge is 2.20. The Hall–Kier alpha value is -1.89. The molecule has 0 aliphatic carbocycles. The molecule has 1 N–H and O–H groups in total. The Morgan fingerprint density at radius 3 is 2.38 bits per heavy atom. The zero-order valence-corrected chi connectivity index (χ0v) is 15.5. The van der Waals surface area contributed by atoms with E-state index in [4.69, 9.17) is 23.2 Å². The largest absolute Gasteiger partial charge is 0.367 e. The highest BCUT2D eigenvalue weighted by atomic mass is 35.5. The Kier molecular flexibility index (Phi) is 5.65. The molecular formula is C18H17Cl2F2N3O. The molecule has 138 valence electrons. The second-order valence-electron chi connectivity index (χ2n) is 6.15. The third kappa shape index (κ3) is 4.09. The molecule has 0 radical (unpaired) electrons. The van der Waals surface area contributed by atoms with Gasteiger partial charge < -0.3 is 15.1 Å². The van der Waals surface area contributed by atoms with Gasteiger partial charge in [0.2, 0.25) is 0 Å². The summed E-state index contributed by atoms with van der Waals surface area (Å²) in [5, 5.41) is 3.00. The number of piperazine rings is 1. The Bertz CT molecular complexity index is 839. The first-order valence-corrected chi connectivity index (χ1v) is 8.79. The molecule has 0 spiro atoms. The molecule has 0 aromatic heterocycles. The van der Waals surface area contributed by atoms with Crippen molar-refractivity contribution in [3.8, 4) is 0 Å². The Morgan fingerprint density at radius 1 is 1.04 bits per heavy atom. The quantitative estimate of drug-likeness (QED) is 0.782. The zero-order valence-electron chi connectivity index (χ0n) is 14.0. The van der Waals surface area contributed by atoms with E-state index in [0.717, 1.165) is 44.0 Å². The van der Waals surface area contributed by atoms with Crippen LogP contribution in [-0.2, 0) is 0 Å². The highest BCUT2D eigenvalue weighted by molar-refractivity contribution is 6.34.